The Labute approximate surface area is 140 Å². The summed E-state index contributed by atoms with van der Waals surface area (Å²) in [7, 11) is 3.41. The van der Waals surface area contributed by atoms with Gasteiger partial charge in [-0.25, -0.2) is 4.98 Å². The van der Waals surface area contributed by atoms with E-state index < -0.39 is 0 Å². The third kappa shape index (κ3) is 2.97. The summed E-state index contributed by atoms with van der Waals surface area (Å²) in [6, 6.07) is 13.0. The second-order valence-corrected chi connectivity index (χ2v) is 5.94. The Morgan fingerprint density at radius 1 is 1.21 bits per heavy atom. The first kappa shape index (κ1) is 16.1. The van der Waals surface area contributed by atoms with E-state index in [2.05, 4.69) is 4.98 Å². The van der Waals surface area contributed by atoms with Gasteiger partial charge >= 0.3 is 0 Å². The van der Waals surface area contributed by atoms with Gasteiger partial charge in [-0.2, -0.15) is 0 Å². The molecule has 0 aliphatic carbocycles. The molecular formula is C19H20N2O3. The minimum absolute atomic E-state index is 0.0359. The lowest BCUT2D eigenvalue weighted by molar-refractivity contribution is 0.0755. The number of aromatic nitrogens is 1. The van der Waals surface area contributed by atoms with E-state index in [4.69, 9.17) is 9.15 Å². The van der Waals surface area contributed by atoms with E-state index in [0.717, 1.165) is 16.8 Å². The zero-order valence-corrected chi connectivity index (χ0v) is 14.2. The van der Waals surface area contributed by atoms with Gasteiger partial charge in [0.25, 0.3) is 5.91 Å². The van der Waals surface area contributed by atoms with Crippen molar-refractivity contribution in [3.8, 4) is 17.2 Å². The second-order valence-electron chi connectivity index (χ2n) is 5.94. The van der Waals surface area contributed by atoms with Crippen LogP contribution in [-0.4, -0.2) is 36.0 Å². The summed E-state index contributed by atoms with van der Waals surface area (Å²) in [5, 5.41) is 0. The van der Waals surface area contributed by atoms with Crippen LogP contribution in [0.3, 0.4) is 0 Å². The van der Waals surface area contributed by atoms with Gasteiger partial charge in [0, 0.05) is 24.2 Å². The van der Waals surface area contributed by atoms with E-state index in [1.54, 1.807) is 31.2 Å². The Balaban J connectivity index is 1.98. The second kappa shape index (κ2) is 6.35. The number of nitrogens with zero attached hydrogens (tertiary/aromatic N) is 2. The first-order valence-corrected chi connectivity index (χ1v) is 7.82. The number of rotatable bonds is 4. The van der Waals surface area contributed by atoms with Crippen molar-refractivity contribution in [1.82, 2.24) is 9.88 Å². The van der Waals surface area contributed by atoms with E-state index in [1.807, 2.05) is 44.2 Å². The van der Waals surface area contributed by atoms with Gasteiger partial charge in [-0.1, -0.05) is 6.07 Å². The quantitative estimate of drug-likeness (QED) is 0.728. The van der Waals surface area contributed by atoms with Crippen LogP contribution in [0, 0.1) is 0 Å². The highest BCUT2D eigenvalue weighted by Crippen LogP contribution is 2.27. The highest BCUT2D eigenvalue weighted by atomic mass is 16.5. The van der Waals surface area contributed by atoms with Crippen molar-refractivity contribution in [3.05, 3.63) is 48.0 Å². The molecule has 2 aromatic carbocycles. The minimum atomic E-state index is -0.0359. The summed E-state index contributed by atoms with van der Waals surface area (Å²) in [6.07, 6.45) is 0. The number of carbonyl (C=O) groups excluding carboxylic acids is 1. The molecule has 1 aromatic heterocycles. The Hall–Kier alpha value is -2.82. The number of ether oxygens (including phenoxy) is 1. The van der Waals surface area contributed by atoms with E-state index in [9.17, 15) is 4.79 Å². The van der Waals surface area contributed by atoms with E-state index in [1.165, 1.54) is 0 Å². The fraction of sp³-hybridized carbons (Fsp3) is 0.263. The lowest BCUT2D eigenvalue weighted by Gasteiger charge is -2.21. The third-order valence-electron chi connectivity index (χ3n) is 4.05. The lowest BCUT2D eigenvalue weighted by Crippen LogP contribution is -2.32. The largest absolute Gasteiger partial charge is 0.497 e. The van der Waals surface area contributed by atoms with Crippen LogP contribution in [0.1, 0.15) is 24.2 Å². The summed E-state index contributed by atoms with van der Waals surface area (Å²) in [5.74, 6) is 1.21. The molecule has 124 valence electrons. The molecule has 0 spiro atoms. The van der Waals surface area contributed by atoms with Crippen LogP contribution in [0.2, 0.25) is 0 Å². The van der Waals surface area contributed by atoms with Gasteiger partial charge in [-0.15, -0.1) is 0 Å². The molecule has 0 aliphatic heterocycles. The summed E-state index contributed by atoms with van der Waals surface area (Å²) < 4.78 is 11.1. The zero-order chi connectivity index (χ0) is 17.3. The fourth-order valence-corrected chi connectivity index (χ4v) is 2.38. The predicted molar refractivity (Wildman–Crippen MR) is 93.2 cm³/mol. The molecule has 0 saturated carbocycles. The van der Waals surface area contributed by atoms with Gasteiger partial charge in [-0.05, 0) is 50.2 Å². The monoisotopic (exact) mass is 324 g/mol. The maximum absolute atomic E-state index is 12.4. The number of fused-ring (bicyclic) bond motifs is 1. The summed E-state index contributed by atoms with van der Waals surface area (Å²) >= 11 is 0. The minimum Gasteiger partial charge on any atom is -0.497 e. The van der Waals surface area contributed by atoms with Gasteiger partial charge in [-0.3, -0.25) is 4.79 Å². The molecule has 3 aromatic rings. The Bertz CT molecular complexity index is 883. The number of amides is 1. The smallest absolute Gasteiger partial charge is 0.253 e. The molecule has 24 heavy (non-hydrogen) atoms. The van der Waals surface area contributed by atoms with Crippen LogP contribution in [-0.2, 0) is 0 Å². The van der Waals surface area contributed by atoms with Gasteiger partial charge in [0.2, 0.25) is 5.89 Å². The summed E-state index contributed by atoms with van der Waals surface area (Å²) in [4.78, 5) is 18.6. The summed E-state index contributed by atoms with van der Waals surface area (Å²) in [5.41, 5.74) is 2.73. The number of hydrogen-bond donors (Lipinski definition) is 0. The predicted octanol–water partition coefficient (Wildman–Crippen LogP) is 3.98. The van der Waals surface area contributed by atoms with Gasteiger partial charge in [0.1, 0.15) is 11.3 Å². The highest BCUT2D eigenvalue weighted by molar-refractivity contribution is 5.97. The molecule has 5 heteroatoms. The molecule has 5 nitrogen and oxygen atoms in total. The van der Waals surface area contributed by atoms with Crippen molar-refractivity contribution in [1.29, 1.82) is 0 Å². The molecule has 0 saturated heterocycles. The van der Waals surface area contributed by atoms with E-state index in [0.29, 0.717) is 17.0 Å². The molecule has 0 N–H and O–H groups in total. The van der Waals surface area contributed by atoms with Crippen LogP contribution in [0.4, 0.5) is 0 Å². The molecule has 3 rings (SSSR count). The maximum Gasteiger partial charge on any atom is 0.253 e. The molecule has 0 atom stereocenters. The number of methoxy groups -OCH3 is 1. The highest BCUT2D eigenvalue weighted by Gasteiger charge is 2.16. The van der Waals surface area contributed by atoms with Gasteiger partial charge < -0.3 is 14.1 Å². The third-order valence-corrected chi connectivity index (χ3v) is 4.05. The van der Waals surface area contributed by atoms with Crippen molar-refractivity contribution in [3.63, 3.8) is 0 Å². The van der Waals surface area contributed by atoms with Crippen molar-refractivity contribution in [2.24, 2.45) is 0 Å². The van der Waals surface area contributed by atoms with Crippen molar-refractivity contribution in [2.45, 2.75) is 19.9 Å². The van der Waals surface area contributed by atoms with Gasteiger partial charge in [0.05, 0.1) is 7.11 Å². The Morgan fingerprint density at radius 3 is 2.71 bits per heavy atom. The van der Waals surface area contributed by atoms with Crippen LogP contribution in [0.5, 0.6) is 5.75 Å². The standard InChI is InChI=1S/C19H20N2O3/c1-12(2)21(3)19(22)14-8-9-16-17(11-14)24-18(20-16)13-6-5-7-15(10-13)23-4/h5-12H,1-4H3. The number of carbonyl (C=O) groups is 1. The zero-order valence-electron chi connectivity index (χ0n) is 14.2. The van der Waals surface area contributed by atoms with Crippen LogP contribution >= 0.6 is 0 Å². The number of hydrogen-bond acceptors (Lipinski definition) is 4. The number of oxazole rings is 1. The topological polar surface area (TPSA) is 55.6 Å². The molecule has 1 heterocycles. The van der Waals surface area contributed by atoms with E-state index in [-0.39, 0.29) is 11.9 Å². The molecule has 1 amide bonds. The molecule has 0 bridgehead atoms. The fourth-order valence-electron chi connectivity index (χ4n) is 2.38. The molecule has 0 unspecified atom stereocenters. The molecular weight excluding hydrogens is 304 g/mol. The number of benzene rings is 2. The van der Waals surface area contributed by atoms with Crippen molar-refractivity contribution < 1.29 is 13.9 Å². The van der Waals surface area contributed by atoms with Gasteiger partial charge in [0.15, 0.2) is 5.58 Å². The van der Waals surface area contributed by atoms with Crippen LogP contribution in [0.25, 0.3) is 22.6 Å². The van der Waals surface area contributed by atoms with Crippen LogP contribution in [0.15, 0.2) is 46.9 Å². The average Bonchev–Trinajstić information content (AvgIpc) is 3.03. The Kier molecular flexibility index (Phi) is 4.25. The van der Waals surface area contributed by atoms with Crippen molar-refractivity contribution >= 4 is 17.0 Å². The van der Waals surface area contributed by atoms with Crippen LogP contribution < -0.4 is 4.74 Å². The molecule has 0 aliphatic rings. The summed E-state index contributed by atoms with van der Waals surface area (Å²) in [6.45, 7) is 3.96. The average molecular weight is 324 g/mol. The SMILES string of the molecule is COc1cccc(-c2nc3ccc(C(=O)N(C)C(C)C)cc3o2)c1. The maximum atomic E-state index is 12.4. The normalized spacial score (nSPS) is 11.0. The first-order valence-electron chi connectivity index (χ1n) is 7.82. The first-order chi connectivity index (χ1) is 11.5. The lowest BCUT2D eigenvalue weighted by atomic mass is 10.1. The molecule has 0 fully saturated rings. The van der Waals surface area contributed by atoms with E-state index >= 15 is 0 Å². The van der Waals surface area contributed by atoms with Crippen molar-refractivity contribution in [2.75, 3.05) is 14.2 Å². The molecule has 0 radical (unpaired) electrons. The Morgan fingerprint density at radius 2 is 2.00 bits per heavy atom.